The molecule has 0 heterocycles. The van der Waals surface area contributed by atoms with Gasteiger partial charge in [-0.05, 0) is 43.0 Å². The first-order valence-corrected chi connectivity index (χ1v) is 6.74. The van der Waals surface area contributed by atoms with Gasteiger partial charge < -0.3 is 9.47 Å². The van der Waals surface area contributed by atoms with Gasteiger partial charge in [-0.3, -0.25) is 4.79 Å². The van der Waals surface area contributed by atoms with Crippen molar-refractivity contribution < 1.29 is 19.1 Å². The largest absolute Gasteiger partial charge is 0.497 e. The summed E-state index contributed by atoms with van der Waals surface area (Å²) in [6.45, 7) is 0. The number of ether oxygens (including phenoxy) is 2. The Labute approximate surface area is 118 Å². The van der Waals surface area contributed by atoms with Crippen LogP contribution >= 0.6 is 0 Å². The summed E-state index contributed by atoms with van der Waals surface area (Å²) >= 11 is 0. The molecule has 20 heavy (non-hydrogen) atoms. The Bertz CT molecular complexity index is 502. The highest BCUT2D eigenvalue weighted by Gasteiger charge is 2.24. The Balaban J connectivity index is 1.89. The SMILES string of the molecule is COc1ccc(/C=C/C(=O)O[C@@H]2CCCCC2=O)cc1. The second kappa shape index (κ2) is 6.89. The van der Waals surface area contributed by atoms with Gasteiger partial charge in [-0.25, -0.2) is 4.79 Å². The molecule has 0 aromatic heterocycles. The van der Waals surface area contributed by atoms with Gasteiger partial charge in [0.15, 0.2) is 11.9 Å². The number of rotatable bonds is 4. The average molecular weight is 274 g/mol. The predicted octanol–water partition coefficient (Wildman–Crippen LogP) is 2.76. The molecule has 0 spiro atoms. The van der Waals surface area contributed by atoms with E-state index in [4.69, 9.17) is 9.47 Å². The van der Waals surface area contributed by atoms with Gasteiger partial charge in [0.05, 0.1) is 7.11 Å². The summed E-state index contributed by atoms with van der Waals surface area (Å²) in [7, 11) is 1.60. The molecule has 0 radical (unpaired) electrons. The first kappa shape index (κ1) is 14.3. The number of ketones is 1. The molecule has 1 aromatic carbocycles. The van der Waals surface area contributed by atoms with E-state index in [0.717, 1.165) is 24.2 Å². The minimum Gasteiger partial charge on any atom is -0.497 e. The van der Waals surface area contributed by atoms with Crippen molar-refractivity contribution in [1.82, 2.24) is 0 Å². The van der Waals surface area contributed by atoms with Crippen molar-refractivity contribution in [3.05, 3.63) is 35.9 Å². The van der Waals surface area contributed by atoms with E-state index < -0.39 is 12.1 Å². The highest BCUT2D eigenvalue weighted by molar-refractivity contribution is 5.91. The summed E-state index contributed by atoms with van der Waals surface area (Å²) in [4.78, 5) is 23.2. The molecule has 1 saturated carbocycles. The van der Waals surface area contributed by atoms with Gasteiger partial charge in [-0.15, -0.1) is 0 Å². The van der Waals surface area contributed by atoms with Crippen LogP contribution in [0.5, 0.6) is 5.75 Å². The lowest BCUT2D eigenvalue weighted by Crippen LogP contribution is -2.29. The van der Waals surface area contributed by atoms with Crippen LogP contribution in [0, 0.1) is 0 Å². The van der Waals surface area contributed by atoms with E-state index in [0.29, 0.717) is 12.8 Å². The van der Waals surface area contributed by atoms with Crippen LogP contribution in [0.25, 0.3) is 6.08 Å². The number of methoxy groups -OCH3 is 1. The molecule has 0 aliphatic heterocycles. The number of carbonyl (C=O) groups is 2. The third-order valence-electron chi connectivity index (χ3n) is 3.28. The van der Waals surface area contributed by atoms with Crippen LogP contribution in [-0.4, -0.2) is 25.0 Å². The lowest BCUT2D eigenvalue weighted by molar-refractivity contribution is -0.152. The summed E-state index contributed by atoms with van der Waals surface area (Å²) in [5, 5.41) is 0. The maximum atomic E-state index is 11.7. The van der Waals surface area contributed by atoms with Gasteiger partial charge in [-0.2, -0.15) is 0 Å². The molecule has 1 aromatic rings. The molecule has 0 bridgehead atoms. The van der Waals surface area contributed by atoms with Crippen molar-refractivity contribution in [3.8, 4) is 5.75 Å². The highest BCUT2D eigenvalue weighted by atomic mass is 16.5. The van der Waals surface area contributed by atoms with Crippen molar-refractivity contribution in [2.45, 2.75) is 31.8 Å². The minimum absolute atomic E-state index is 0.0300. The van der Waals surface area contributed by atoms with Crippen LogP contribution in [-0.2, 0) is 14.3 Å². The average Bonchev–Trinajstić information content (AvgIpc) is 2.48. The smallest absolute Gasteiger partial charge is 0.331 e. The molecule has 0 unspecified atom stereocenters. The van der Waals surface area contributed by atoms with Crippen LogP contribution in [0.1, 0.15) is 31.2 Å². The van der Waals surface area contributed by atoms with E-state index in [2.05, 4.69) is 0 Å². The number of Topliss-reactive ketones (excluding diaryl/α,β-unsaturated/α-hetero) is 1. The number of esters is 1. The van der Waals surface area contributed by atoms with E-state index in [1.165, 1.54) is 6.08 Å². The Morgan fingerprint density at radius 2 is 2.00 bits per heavy atom. The first-order chi connectivity index (χ1) is 9.69. The first-order valence-electron chi connectivity index (χ1n) is 6.74. The van der Waals surface area contributed by atoms with Crippen molar-refractivity contribution >= 4 is 17.8 Å². The second-order valence-corrected chi connectivity index (χ2v) is 4.74. The minimum atomic E-state index is -0.559. The van der Waals surface area contributed by atoms with Crippen LogP contribution in [0.4, 0.5) is 0 Å². The van der Waals surface area contributed by atoms with Gasteiger partial charge in [0, 0.05) is 12.5 Å². The Kier molecular flexibility index (Phi) is 4.93. The molecular weight excluding hydrogens is 256 g/mol. The van der Waals surface area contributed by atoms with Gasteiger partial charge in [0.25, 0.3) is 0 Å². The Hall–Kier alpha value is -2.10. The lowest BCUT2D eigenvalue weighted by Gasteiger charge is -2.19. The third kappa shape index (κ3) is 3.95. The molecule has 4 heteroatoms. The molecule has 1 fully saturated rings. The van der Waals surface area contributed by atoms with Crippen molar-refractivity contribution in [2.75, 3.05) is 7.11 Å². The number of carbonyl (C=O) groups excluding carboxylic acids is 2. The molecule has 0 saturated heterocycles. The van der Waals surface area contributed by atoms with Gasteiger partial charge in [0.2, 0.25) is 0 Å². The zero-order valence-corrected chi connectivity index (χ0v) is 11.5. The fourth-order valence-corrected chi connectivity index (χ4v) is 2.13. The zero-order valence-electron chi connectivity index (χ0n) is 11.5. The van der Waals surface area contributed by atoms with E-state index in [-0.39, 0.29) is 5.78 Å². The van der Waals surface area contributed by atoms with Crippen LogP contribution in [0.3, 0.4) is 0 Å². The van der Waals surface area contributed by atoms with Crippen LogP contribution in [0.2, 0.25) is 0 Å². The number of benzene rings is 1. The summed E-state index contributed by atoms with van der Waals surface area (Å²) in [5.74, 6) is 0.320. The van der Waals surface area contributed by atoms with Crippen molar-refractivity contribution in [2.24, 2.45) is 0 Å². The summed E-state index contributed by atoms with van der Waals surface area (Å²) < 4.78 is 10.2. The van der Waals surface area contributed by atoms with E-state index in [1.54, 1.807) is 13.2 Å². The molecule has 1 aliphatic rings. The quantitative estimate of drug-likeness (QED) is 0.626. The lowest BCUT2D eigenvalue weighted by atomic mass is 9.96. The number of hydrogen-bond acceptors (Lipinski definition) is 4. The highest BCUT2D eigenvalue weighted by Crippen LogP contribution is 2.18. The van der Waals surface area contributed by atoms with Gasteiger partial charge in [-0.1, -0.05) is 12.1 Å². The Morgan fingerprint density at radius 3 is 2.65 bits per heavy atom. The van der Waals surface area contributed by atoms with E-state index >= 15 is 0 Å². The molecule has 1 aliphatic carbocycles. The van der Waals surface area contributed by atoms with Crippen LogP contribution < -0.4 is 4.74 Å². The second-order valence-electron chi connectivity index (χ2n) is 4.74. The third-order valence-corrected chi connectivity index (χ3v) is 3.28. The van der Waals surface area contributed by atoms with Crippen molar-refractivity contribution in [1.29, 1.82) is 0 Å². The number of hydrogen-bond donors (Lipinski definition) is 0. The monoisotopic (exact) mass is 274 g/mol. The zero-order chi connectivity index (χ0) is 14.4. The fourth-order valence-electron chi connectivity index (χ4n) is 2.13. The summed E-state index contributed by atoms with van der Waals surface area (Å²) in [6, 6.07) is 7.31. The summed E-state index contributed by atoms with van der Waals surface area (Å²) in [5.41, 5.74) is 0.873. The van der Waals surface area contributed by atoms with Gasteiger partial charge in [0.1, 0.15) is 5.75 Å². The van der Waals surface area contributed by atoms with E-state index in [1.807, 2.05) is 24.3 Å². The summed E-state index contributed by atoms with van der Waals surface area (Å²) in [6.07, 6.45) is 5.44. The fraction of sp³-hybridized carbons (Fsp3) is 0.375. The van der Waals surface area contributed by atoms with Gasteiger partial charge >= 0.3 is 5.97 Å². The Morgan fingerprint density at radius 1 is 1.25 bits per heavy atom. The molecular formula is C16H18O4. The maximum absolute atomic E-state index is 11.7. The predicted molar refractivity (Wildman–Crippen MR) is 75.4 cm³/mol. The topological polar surface area (TPSA) is 52.6 Å². The standard InChI is InChI=1S/C16H18O4/c1-19-13-9-6-12(7-10-13)8-11-16(18)20-15-5-3-2-4-14(15)17/h6-11,15H,2-5H2,1H3/b11-8+/t15-/m1/s1. The molecule has 1 atom stereocenters. The molecule has 4 nitrogen and oxygen atoms in total. The molecule has 2 rings (SSSR count). The normalized spacial score (nSPS) is 19.1. The molecule has 0 N–H and O–H groups in total. The maximum Gasteiger partial charge on any atom is 0.331 e. The molecule has 106 valence electrons. The van der Waals surface area contributed by atoms with Crippen molar-refractivity contribution in [3.63, 3.8) is 0 Å². The van der Waals surface area contributed by atoms with E-state index in [9.17, 15) is 9.59 Å². The van der Waals surface area contributed by atoms with Crippen LogP contribution in [0.15, 0.2) is 30.3 Å². The molecule has 0 amide bonds.